The molecule has 2 unspecified atom stereocenters. The van der Waals surface area contributed by atoms with Crippen molar-refractivity contribution < 1.29 is 24.5 Å². The predicted octanol–water partition coefficient (Wildman–Crippen LogP) is 21.1. The number of hydrogen-bond acceptors (Lipinski definition) is 5. The highest BCUT2D eigenvalue weighted by Crippen LogP contribution is 2.18. The van der Waals surface area contributed by atoms with E-state index in [1.165, 1.54) is 276 Å². The lowest BCUT2D eigenvalue weighted by atomic mass is 10.0. The standard InChI is InChI=1S/C68H129NO5/c1-3-5-7-9-11-13-15-16-17-18-33-36-39-42-46-50-54-58-62-68(73)74-63-59-55-51-47-43-40-37-34-31-29-27-25-23-21-19-20-22-24-26-28-30-32-35-38-41-45-49-53-57-61-67(72)69-65(64-70)66(71)60-56-52-48-44-14-12-10-8-6-4-2/h13,15,17-19,21,65-66,70-71H,3-12,14,16,20,22-64H2,1-2H3,(H,69,72)/b15-13-,18-17-,21-19-. The fourth-order valence-electron chi connectivity index (χ4n) is 10.3. The third kappa shape index (κ3) is 59.3. The van der Waals surface area contributed by atoms with Crippen molar-refractivity contribution in [3.05, 3.63) is 36.5 Å². The lowest BCUT2D eigenvalue weighted by molar-refractivity contribution is -0.143. The third-order valence-corrected chi connectivity index (χ3v) is 15.4. The van der Waals surface area contributed by atoms with Crippen LogP contribution in [0.1, 0.15) is 361 Å². The molecule has 74 heavy (non-hydrogen) atoms. The van der Waals surface area contributed by atoms with Gasteiger partial charge in [0.2, 0.25) is 5.91 Å². The first-order valence-electron chi connectivity index (χ1n) is 33.2. The van der Waals surface area contributed by atoms with Crippen molar-refractivity contribution in [2.75, 3.05) is 13.2 Å². The number of carbonyl (C=O) groups is 2. The Labute approximate surface area is 462 Å². The largest absolute Gasteiger partial charge is 0.466 e. The van der Waals surface area contributed by atoms with Gasteiger partial charge in [-0.1, -0.05) is 301 Å². The quantitative estimate of drug-likeness (QED) is 0.0320. The Bertz CT molecular complexity index is 1200. The number of ether oxygens (including phenoxy) is 1. The molecule has 0 aliphatic heterocycles. The van der Waals surface area contributed by atoms with Crippen molar-refractivity contribution in [3.63, 3.8) is 0 Å². The molecule has 0 aromatic rings. The topological polar surface area (TPSA) is 95.9 Å². The SMILES string of the molecule is CCCCCC/C=C\C/C=C\CCCCCCCCCC(=O)OCCCCCCCCCCCCCC/C=C\CCCCCCCCCCCCCCCC(=O)NC(CO)C(O)CCCCCCCCCCCC. The van der Waals surface area contributed by atoms with Crippen LogP contribution in [0.15, 0.2) is 36.5 Å². The van der Waals surface area contributed by atoms with E-state index in [-0.39, 0.29) is 18.5 Å². The molecule has 3 N–H and O–H groups in total. The van der Waals surface area contributed by atoms with Crippen molar-refractivity contribution in [1.82, 2.24) is 5.32 Å². The maximum atomic E-state index is 12.4. The van der Waals surface area contributed by atoms with Gasteiger partial charge in [0.1, 0.15) is 0 Å². The minimum atomic E-state index is -0.662. The van der Waals surface area contributed by atoms with Crippen molar-refractivity contribution in [2.45, 2.75) is 373 Å². The lowest BCUT2D eigenvalue weighted by Crippen LogP contribution is -2.45. The van der Waals surface area contributed by atoms with Crippen LogP contribution in [0.3, 0.4) is 0 Å². The van der Waals surface area contributed by atoms with Gasteiger partial charge >= 0.3 is 5.97 Å². The van der Waals surface area contributed by atoms with Crippen molar-refractivity contribution in [3.8, 4) is 0 Å². The van der Waals surface area contributed by atoms with Crippen LogP contribution in [-0.2, 0) is 14.3 Å². The van der Waals surface area contributed by atoms with Gasteiger partial charge in [-0.25, -0.2) is 0 Å². The van der Waals surface area contributed by atoms with Crippen LogP contribution in [0.2, 0.25) is 0 Å². The Morgan fingerprint density at radius 1 is 0.378 bits per heavy atom. The molecule has 0 aliphatic carbocycles. The van der Waals surface area contributed by atoms with E-state index in [0.29, 0.717) is 25.9 Å². The number of allylic oxidation sites excluding steroid dienone is 6. The average Bonchev–Trinajstić information content (AvgIpc) is 3.40. The Kier molecular flexibility index (Phi) is 62.0. The monoisotopic (exact) mass is 1040 g/mol. The normalized spacial score (nSPS) is 12.8. The number of carbonyl (C=O) groups excluding carboxylic acids is 2. The summed E-state index contributed by atoms with van der Waals surface area (Å²) >= 11 is 0. The lowest BCUT2D eigenvalue weighted by Gasteiger charge is -2.22. The molecule has 0 saturated heterocycles. The second kappa shape index (κ2) is 63.6. The summed E-state index contributed by atoms with van der Waals surface area (Å²) < 4.78 is 5.50. The summed E-state index contributed by atoms with van der Waals surface area (Å²) in [6, 6.07) is -0.539. The fourth-order valence-corrected chi connectivity index (χ4v) is 10.3. The van der Waals surface area contributed by atoms with Crippen molar-refractivity contribution >= 4 is 11.9 Å². The molecule has 0 bridgehead atoms. The number of amides is 1. The van der Waals surface area contributed by atoms with E-state index in [1.54, 1.807) is 0 Å². The second-order valence-electron chi connectivity index (χ2n) is 22.8. The van der Waals surface area contributed by atoms with E-state index in [9.17, 15) is 19.8 Å². The van der Waals surface area contributed by atoms with Crippen LogP contribution in [0.25, 0.3) is 0 Å². The van der Waals surface area contributed by atoms with Crippen LogP contribution >= 0.6 is 0 Å². The molecule has 0 radical (unpaired) electrons. The van der Waals surface area contributed by atoms with Gasteiger partial charge in [0.05, 0.1) is 25.4 Å². The first-order chi connectivity index (χ1) is 36.5. The molecule has 6 heteroatoms. The Balaban J connectivity index is 3.34. The molecule has 0 aromatic carbocycles. The summed E-state index contributed by atoms with van der Waals surface area (Å²) in [5.74, 6) is -0.0256. The van der Waals surface area contributed by atoms with E-state index in [1.807, 2.05) is 0 Å². The van der Waals surface area contributed by atoms with Gasteiger partial charge in [0, 0.05) is 12.8 Å². The highest BCUT2D eigenvalue weighted by Gasteiger charge is 2.20. The number of aliphatic hydroxyl groups excluding tert-OH is 2. The molecule has 0 rings (SSSR count). The van der Waals surface area contributed by atoms with Gasteiger partial charge in [-0.05, 0) is 83.5 Å². The average molecular weight is 1040 g/mol. The van der Waals surface area contributed by atoms with Crippen LogP contribution in [-0.4, -0.2) is 47.4 Å². The minimum Gasteiger partial charge on any atom is -0.466 e. The number of nitrogens with one attached hydrogen (secondary N) is 1. The predicted molar refractivity (Wildman–Crippen MR) is 324 cm³/mol. The van der Waals surface area contributed by atoms with E-state index in [2.05, 4.69) is 55.6 Å². The molecule has 1 amide bonds. The molecule has 2 atom stereocenters. The number of rotatable bonds is 62. The number of aliphatic hydroxyl groups is 2. The summed E-state index contributed by atoms with van der Waals surface area (Å²) in [7, 11) is 0. The Hall–Kier alpha value is -1.92. The van der Waals surface area contributed by atoms with Gasteiger partial charge in [-0.15, -0.1) is 0 Å². The maximum absolute atomic E-state index is 12.4. The van der Waals surface area contributed by atoms with E-state index < -0.39 is 12.1 Å². The molecule has 0 spiro atoms. The van der Waals surface area contributed by atoms with Gasteiger partial charge in [0.25, 0.3) is 0 Å². The smallest absolute Gasteiger partial charge is 0.305 e. The van der Waals surface area contributed by atoms with Crippen molar-refractivity contribution in [2.24, 2.45) is 0 Å². The minimum absolute atomic E-state index is 0.00926. The van der Waals surface area contributed by atoms with Crippen LogP contribution in [0, 0.1) is 0 Å². The summed E-state index contributed by atoms with van der Waals surface area (Å²) in [6.07, 6.45) is 80.4. The summed E-state index contributed by atoms with van der Waals surface area (Å²) in [5.41, 5.74) is 0. The number of hydrogen-bond donors (Lipinski definition) is 3. The Morgan fingerprint density at radius 2 is 0.676 bits per heavy atom. The molecular formula is C68H129NO5. The summed E-state index contributed by atoms with van der Waals surface area (Å²) in [6.45, 7) is 4.94. The van der Waals surface area contributed by atoms with E-state index in [0.717, 1.165) is 51.4 Å². The zero-order chi connectivity index (χ0) is 53.6. The van der Waals surface area contributed by atoms with Crippen molar-refractivity contribution in [1.29, 1.82) is 0 Å². The molecule has 0 heterocycles. The molecule has 436 valence electrons. The summed E-state index contributed by atoms with van der Waals surface area (Å²) in [4.78, 5) is 24.5. The zero-order valence-corrected chi connectivity index (χ0v) is 49.8. The zero-order valence-electron chi connectivity index (χ0n) is 49.8. The van der Waals surface area contributed by atoms with Gasteiger partial charge < -0.3 is 20.3 Å². The highest BCUT2D eigenvalue weighted by molar-refractivity contribution is 5.76. The fraction of sp³-hybridized carbons (Fsp3) is 0.882. The first-order valence-corrected chi connectivity index (χ1v) is 33.2. The van der Waals surface area contributed by atoms with E-state index >= 15 is 0 Å². The highest BCUT2D eigenvalue weighted by atomic mass is 16.5. The maximum Gasteiger partial charge on any atom is 0.305 e. The van der Waals surface area contributed by atoms with Gasteiger partial charge in [-0.3, -0.25) is 9.59 Å². The van der Waals surface area contributed by atoms with Crippen LogP contribution < -0.4 is 5.32 Å². The van der Waals surface area contributed by atoms with Gasteiger partial charge in [0.15, 0.2) is 0 Å². The second-order valence-corrected chi connectivity index (χ2v) is 22.8. The number of unbranched alkanes of at least 4 members (excludes halogenated alkanes) is 45. The van der Waals surface area contributed by atoms with Gasteiger partial charge in [-0.2, -0.15) is 0 Å². The van der Waals surface area contributed by atoms with Crippen LogP contribution in [0.4, 0.5) is 0 Å². The van der Waals surface area contributed by atoms with Crippen LogP contribution in [0.5, 0.6) is 0 Å². The Morgan fingerprint density at radius 3 is 1.05 bits per heavy atom. The molecule has 0 fully saturated rings. The van der Waals surface area contributed by atoms with E-state index in [4.69, 9.17) is 4.74 Å². The number of esters is 1. The third-order valence-electron chi connectivity index (χ3n) is 15.4. The molecule has 6 nitrogen and oxygen atoms in total. The summed E-state index contributed by atoms with van der Waals surface area (Å²) in [5, 5.41) is 23.2. The molecule has 0 saturated carbocycles. The molecule has 0 aromatic heterocycles. The molecular weight excluding hydrogens is 911 g/mol. The molecule has 0 aliphatic rings. The first kappa shape index (κ1) is 72.1.